The van der Waals surface area contributed by atoms with Crippen LogP contribution < -0.4 is 10.6 Å². The van der Waals surface area contributed by atoms with Crippen LogP contribution in [0, 0.1) is 5.92 Å². The Morgan fingerprint density at radius 1 is 1.30 bits per heavy atom. The fraction of sp³-hybridized carbons (Fsp3) is 0.353. The Hall–Kier alpha value is -1.87. The topological polar surface area (TPSA) is 42.1 Å². The lowest BCUT2D eigenvalue weighted by Gasteiger charge is -2.40. The first kappa shape index (κ1) is 13.1. The third-order valence-corrected chi connectivity index (χ3v) is 4.05. The van der Waals surface area contributed by atoms with E-state index in [1.54, 1.807) is 0 Å². The number of fused-ring (bicyclic) bond motifs is 1. The first-order valence-electron chi connectivity index (χ1n) is 7.24. The Bertz CT molecular complexity index is 567. The van der Waals surface area contributed by atoms with E-state index in [1.165, 1.54) is 16.8 Å². The predicted molar refractivity (Wildman–Crippen MR) is 82.7 cm³/mol. The lowest BCUT2D eigenvalue weighted by molar-refractivity contribution is 0.489. The fourth-order valence-electron chi connectivity index (χ4n) is 3.15. The van der Waals surface area contributed by atoms with Crippen LogP contribution in [0.1, 0.15) is 24.1 Å². The molecule has 3 heteroatoms. The molecule has 0 spiro atoms. The summed E-state index contributed by atoms with van der Waals surface area (Å²) < 4.78 is 0. The summed E-state index contributed by atoms with van der Waals surface area (Å²) in [4.78, 5) is 6.69. The summed E-state index contributed by atoms with van der Waals surface area (Å²) in [5, 5.41) is 0. The van der Waals surface area contributed by atoms with Gasteiger partial charge >= 0.3 is 0 Å². The number of pyridine rings is 1. The van der Waals surface area contributed by atoms with Gasteiger partial charge in [-0.2, -0.15) is 0 Å². The molecule has 2 N–H and O–H groups in total. The van der Waals surface area contributed by atoms with Crippen LogP contribution in [0.4, 0.5) is 5.69 Å². The zero-order valence-electron chi connectivity index (χ0n) is 11.9. The molecular weight excluding hydrogens is 246 g/mol. The van der Waals surface area contributed by atoms with E-state index >= 15 is 0 Å². The summed E-state index contributed by atoms with van der Waals surface area (Å²) in [6, 6.07) is 13.0. The molecule has 2 heterocycles. The summed E-state index contributed by atoms with van der Waals surface area (Å²) in [6.07, 6.45) is 4.89. The van der Waals surface area contributed by atoms with E-state index in [2.05, 4.69) is 47.1 Å². The Morgan fingerprint density at radius 3 is 2.90 bits per heavy atom. The minimum Gasteiger partial charge on any atom is -0.363 e. The Labute approximate surface area is 120 Å². The average molecular weight is 267 g/mol. The van der Waals surface area contributed by atoms with Crippen molar-refractivity contribution >= 4 is 5.69 Å². The first-order chi connectivity index (χ1) is 9.79. The van der Waals surface area contributed by atoms with Gasteiger partial charge in [-0.3, -0.25) is 4.98 Å². The number of anilines is 1. The number of rotatable bonds is 3. The number of hydrogen-bond donors (Lipinski definition) is 1. The zero-order valence-corrected chi connectivity index (χ0v) is 11.9. The highest BCUT2D eigenvalue weighted by Gasteiger charge is 2.27. The van der Waals surface area contributed by atoms with E-state index in [4.69, 9.17) is 5.73 Å². The van der Waals surface area contributed by atoms with E-state index in [1.807, 2.05) is 18.5 Å². The number of nitrogens with zero attached hydrogens (tertiary/aromatic N) is 2. The number of nitrogens with two attached hydrogens (primary N) is 1. The molecule has 0 radical (unpaired) electrons. The molecule has 3 rings (SSSR count). The number of para-hydroxylation sites is 1. The van der Waals surface area contributed by atoms with Crippen molar-refractivity contribution in [2.24, 2.45) is 11.7 Å². The third-order valence-electron chi connectivity index (χ3n) is 4.05. The monoisotopic (exact) mass is 267 g/mol. The fourth-order valence-corrected chi connectivity index (χ4v) is 3.15. The van der Waals surface area contributed by atoms with Crippen LogP contribution in [-0.4, -0.2) is 18.1 Å². The highest BCUT2D eigenvalue weighted by atomic mass is 15.2. The van der Waals surface area contributed by atoms with Gasteiger partial charge in [0.1, 0.15) is 0 Å². The molecule has 2 unspecified atom stereocenters. The average Bonchev–Trinajstić information content (AvgIpc) is 2.49. The van der Waals surface area contributed by atoms with Gasteiger partial charge in [0.2, 0.25) is 0 Å². The Kier molecular flexibility index (Phi) is 3.70. The molecule has 0 bridgehead atoms. The second-order valence-corrected chi connectivity index (χ2v) is 5.63. The Balaban J connectivity index is 2.00. The van der Waals surface area contributed by atoms with Gasteiger partial charge in [-0.1, -0.05) is 31.2 Å². The van der Waals surface area contributed by atoms with E-state index in [-0.39, 0.29) is 6.04 Å². The quantitative estimate of drug-likeness (QED) is 0.930. The highest BCUT2D eigenvalue weighted by molar-refractivity contribution is 5.57. The van der Waals surface area contributed by atoms with Gasteiger partial charge < -0.3 is 10.6 Å². The number of aromatic nitrogens is 1. The Morgan fingerprint density at radius 2 is 2.15 bits per heavy atom. The molecule has 3 nitrogen and oxygen atoms in total. The van der Waals surface area contributed by atoms with Gasteiger partial charge in [-0.25, -0.2) is 0 Å². The van der Waals surface area contributed by atoms with Crippen molar-refractivity contribution in [3.8, 4) is 0 Å². The van der Waals surface area contributed by atoms with E-state index in [0.717, 1.165) is 13.0 Å². The molecule has 1 aromatic heterocycles. The van der Waals surface area contributed by atoms with Crippen LogP contribution in [-0.2, 0) is 6.42 Å². The molecule has 0 saturated carbocycles. The molecule has 104 valence electrons. The van der Waals surface area contributed by atoms with Crippen LogP contribution in [0.2, 0.25) is 0 Å². The minimum absolute atomic E-state index is 0.201. The van der Waals surface area contributed by atoms with Crippen molar-refractivity contribution in [3.63, 3.8) is 0 Å². The van der Waals surface area contributed by atoms with Crippen molar-refractivity contribution in [1.82, 2.24) is 4.98 Å². The van der Waals surface area contributed by atoms with Crippen LogP contribution in [0.5, 0.6) is 0 Å². The molecule has 0 aliphatic carbocycles. The molecule has 2 aromatic rings. The van der Waals surface area contributed by atoms with Gasteiger partial charge in [-0.05, 0) is 35.6 Å². The SMILES string of the molecule is CC1Cc2ccccc2N(C(CN)c2cccnc2)C1. The molecule has 0 fully saturated rings. The molecule has 20 heavy (non-hydrogen) atoms. The second kappa shape index (κ2) is 5.63. The summed E-state index contributed by atoms with van der Waals surface area (Å²) in [7, 11) is 0. The number of benzene rings is 1. The van der Waals surface area contributed by atoms with Crippen molar-refractivity contribution in [2.45, 2.75) is 19.4 Å². The molecule has 1 aromatic carbocycles. The standard InChI is InChI=1S/C17H21N3/c1-13-9-14-5-2-3-7-16(14)20(12-13)17(10-18)15-6-4-8-19-11-15/h2-8,11,13,17H,9-10,12,18H2,1H3. The van der Waals surface area contributed by atoms with Crippen LogP contribution in [0.15, 0.2) is 48.8 Å². The number of hydrogen-bond acceptors (Lipinski definition) is 3. The van der Waals surface area contributed by atoms with Gasteiger partial charge in [0, 0.05) is 31.2 Å². The van der Waals surface area contributed by atoms with Crippen molar-refractivity contribution < 1.29 is 0 Å². The second-order valence-electron chi connectivity index (χ2n) is 5.63. The molecule has 0 amide bonds. The highest BCUT2D eigenvalue weighted by Crippen LogP contribution is 2.35. The van der Waals surface area contributed by atoms with Gasteiger partial charge in [0.05, 0.1) is 6.04 Å². The lowest BCUT2D eigenvalue weighted by Crippen LogP contribution is -2.40. The van der Waals surface area contributed by atoms with E-state index in [0.29, 0.717) is 12.5 Å². The largest absolute Gasteiger partial charge is 0.363 e. The maximum Gasteiger partial charge on any atom is 0.0679 e. The minimum atomic E-state index is 0.201. The normalized spacial score (nSPS) is 19.5. The third kappa shape index (κ3) is 2.41. The molecule has 0 saturated heterocycles. The summed E-state index contributed by atoms with van der Waals surface area (Å²) in [6.45, 7) is 3.96. The van der Waals surface area contributed by atoms with Gasteiger partial charge in [0.25, 0.3) is 0 Å². The summed E-state index contributed by atoms with van der Waals surface area (Å²) >= 11 is 0. The molecule has 1 aliphatic heterocycles. The zero-order chi connectivity index (χ0) is 13.9. The summed E-state index contributed by atoms with van der Waals surface area (Å²) in [5.41, 5.74) is 10.0. The van der Waals surface area contributed by atoms with Crippen molar-refractivity contribution in [3.05, 3.63) is 59.9 Å². The van der Waals surface area contributed by atoms with Crippen LogP contribution in [0.25, 0.3) is 0 Å². The summed E-state index contributed by atoms with van der Waals surface area (Å²) in [5.74, 6) is 0.649. The van der Waals surface area contributed by atoms with E-state index < -0.39 is 0 Å². The van der Waals surface area contributed by atoms with Gasteiger partial charge in [0.15, 0.2) is 0 Å². The van der Waals surface area contributed by atoms with Crippen molar-refractivity contribution in [2.75, 3.05) is 18.0 Å². The van der Waals surface area contributed by atoms with Crippen LogP contribution >= 0.6 is 0 Å². The maximum atomic E-state index is 6.07. The van der Waals surface area contributed by atoms with Crippen molar-refractivity contribution in [1.29, 1.82) is 0 Å². The first-order valence-corrected chi connectivity index (χ1v) is 7.24. The van der Waals surface area contributed by atoms with Gasteiger partial charge in [-0.15, -0.1) is 0 Å². The molecular formula is C17H21N3. The lowest BCUT2D eigenvalue weighted by atomic mass is 9.91. The molecule has 1 aliphatic rings. The van der Waals surface area contributed by atoms with Crippen LogP contribution in [0.3, 0.4) is 0 Å². The predicted octanol–water partition coefficient (Wildman–Crippen LogP) is 2.78. The smallest absolute Gasteiger partial charge is 0.0679 e. The van der Waals surface area contributed by atoms with E-state index in [9.17, 15) is 0 Å². The maximum absolute atomic E-state index is 6.07. The molecule has 2 atom stereocenters.